The third-order valence-corrected chi connectivity index (χ3v) is 7.81. The summed E-state index contributed by atoms with van der Waals surface area (Å²) in [6.45, 7) is 1.16. The summed E-state index contributed by atoms with van der Waals surface area (Å²) in [5.74, 6) is -4.60. The van der Waals surface area contributed by atoms with Crippen molar-refractivity contribution >= 4 is 52.3 Å². The fraction of sp³-hybridized carbons (Fsp3) is 0.438. The van der Waals surface area contributed by atoms with Gasteiger partial charge >= 0.3 is 0 Å². The topological polar surface area (TPSA) is 322 Å². The highest BCUT2D eigenvalue weighted by atomic mass is 16.3. The molecule has 19 heteroatoms. The zero-order valence-electron chi connectivity index (χ0n) is 28.1. The molecule has 3 aromatic rings. The average molecular weight is 712 g/mol. The van der Waals surface area contributed by atoms with Crippen LogP contribution in [0.15, 0.2) is 36.9 Å². The van der Waals surface area contributed by atoms with Crippen molar-refractivity contribution in [1.82, 2.24) is 41.5 Å². The van der Waals surface area contributed by atoms with Crippen molar-refractivity contribution in [2.45, 2.75) is 76.0 Å². The van der Waals surface area contributed by atoms with Gasteiger partial charge in [0.2, 0.25) is 41.4 Å². The highest BCUT2D eigenvalue weighted by Gasteiger charge is 2.27. The molecule has 0 aliphatic heterocycles. The number of benzene rings is 1. The molecule has 0 unspecified atom stereocenters. The number of carbonyl (C=O) groups excluding carboxylic acids is 7. The number of phenols is 1. The molecule has 51 heavy (non-hydrogen) atoms. The number of nitrogens with zero attached hydrogens (tertiary/aromatic N) is 1. The van der Waals surface area contributed by atoms with Crippen molar-refractivity contribution in [1.29, 1.82) is 0 Å². The molecule has 19 nitrogen and oxygen atoms in total. The molecule has 0 bridgehead atoms. The van der Waals surface area contributed by atoms with E-state index in [1.165, 1.54) is 24.7 Å². The number of fused-ring (bicyclic) bond motifs is 1. The largest absolute Gasteiger partial charge is 0.508 e. The van der Waals surface area contributed by atoms with E-state index in [-0.39, 0.29) is 50.8 Å². The lowest BCUT2D eigenvalue weighted by molar-refractivity contribution is -0.131. The normalized spacial score (nSPS) is 13.3. The Morgan fingerprint density at radius 3 is 2.24 bits per heavy atom. The van der Waals surface area contributed by atoms with Crippen LogP contribution in [0.5, 0.6) is 5.75 Å². The molecule has 3 rings (SSSR count). The Labute approximate surface area is 292 Å². The van der Waals surface area contributed by atoms with Crippen LogP contribution in [0.1, 0.15) is 50.3 Å². The summed E-state index contributed by atoms with van der Waals surface area (Å²) in [7, 11) is 0. The molecule has 0 saturated carbocycles. The van der Waals surface area contributed by atoms with E-state index >= 15 is 0 Å². The van der Waals surface area contributed by atoms with Crippen LogP contribution in [-0.2, 0) is 46.4 Å². The Morgan fingerprint density at radius 2 is 1.57 bits per heavy atom. The van der Waals surface area contributed by atoms with Crippen LogP contribution in [0.25, 0.3) is 10.9 Å². The molecule has 0 spiro atoms. The fourth-order valence-electron chi connectivity index (χ4n) is 5.09. The number of aromatic hydroxyl groups is 1. The van der Waals surface area contributed by atoms with Crippen LogP contribution >= 0.6 is 0 Å². The van der Waals surface area contributed by atoms with Gasteiger partial charge in [-0.05, 0) is 36.6 Å². The minimum Gasteiger partial charge on any atom is -0.508 e. The number of imidazole rings is 1. The molecule has 4 atom stereocenters. The van der Waals surface area contributed by atoms with E-state index in [4.69, 9.17) is 17.2 Å². The fourth-order valence-corrected chi connectivity index (χ4v) is 5.09. The van der Waals surface area contributed by atoms with E-state index in [1.54, 1.807) is 19.2 Å². The molecule has 2 aromatic heterocycles. The highest BCUT2D eigenvalue weighted by molar-refractivity contribution is 5.93. The van der Waals surface area contributed by atoms with E-state index in [9.17, 15) is 38.7 Å². The number of aromatic amines is 2. The summed E-state index contributed by atoms with van der Waals surface area (Å²) in [5.41, 5.74) is 18.3. The number of aromatic nitrogens is 3. The van der Waals surface area contributed by atoms with Gasteiger partial charge in [0.25, 0.3) is 0 Å². The van der Waals surface area contributed by atoms with Crippen LogP contribution in [0, 0.1) is 0 Å². The van der Waals surface area contributed by atoms with E-state index in [1.807, 2.05) is 0 Å². The number of hydrogen-bond acceptors (Lipinski definition) is 10. The maximum atomic E-state index is 13.3. The number of primary amides is 2. The summed E-state index contributed by atoms with van der Waals surface area (Å²) in [6.07, 6.45) is 4.97. The Morgan fingerprint density at radius 1 is 0.843 bits per heavy atom. The van der Waals surface area contributed by atoms with Gasteiger partial charge in [0, 0.05) is 61.2 Å². The Kier molecular flexibility index (Phi) is 14.9. The first-order valence-electron chi connectivity index (χ1n) is 16.3. The van der Waals surface area contributed by atoms with Crippen molar-refractivity contribution in [2.24, 2.45) is 17.2 Å². The van der Waals surface area contributed by atoms with Gasteiger partial charge in [0.1, 0.15) is 23.9 Å². The number of rotatable bonds is 21. The second-order valence-electron chi connectivity index (χ2n) is 11.9. The number of nitrogens with one attached hydrogen (secondary N) is 7. The summed E-state index contributed by atoms with van der Waals surface area (Å²) in [5, 5.41) is 23.3. The third-order valence-electron chi connectivity index (χ3n) is 7.81. The van der Waals surface area contributed by atoms with Crippen LogP contribution in [0.4, 0.5) is 0 Å². The van der Waals surface area contributed by atoms with Gasteiger partial charge in [-0.25, -0.2) is 4.98 Å². The number of hydrogen-bond donors (Lipinski definition) is 11. The molecular weight excluding hydrogens is 666 g/mol. The minimum atomic E-state index is -1.15. The average Bonchev–Trinajstić information content (AvgIpc) is 3.74. The van der Waals surface area contributed by atoms with E-state index in [0.29, 0.717) is 28.6 Å². The molecule has 276 valence electrons. The number of H-pyrrole nitrogens is 2. The molecule has 2 heterocycles. The van der Waals surface area contributed by atoms with Crippen molar-refractivity contribution in [2.75, 3.05) is 13.1 Å². The van der Waals surface area contributed by atoms with Crippen molar-refractivity contribution < 1.29 is 38.7 Å². The molecular formula is C32H45N11O8. The van der Waals surface area contributed by atoms with Crippen LogP contribution in [-0.4, -0.2) is 98.7 Å². The zero-order valence-corrected chi connectivity index (χ0v) is 28.1. The van der Waals surface area contributed by atoms with Crippen LogP contribution < -0.4 is 43.8 Å². The first-order valence-corrected chi connectivity index (χ1v) is 16.3. The van der Waals surface area contributed by atoms with Gasteiger partial charge in [0.15, 0.2) is 0 Å². The first-order chi connectivity index (χ1) is 24.3. The summed E-state index contributed by atoms with van der Waals surface area (Å²) >= 11 is 0. The molecule has 14 N–H and O–H groups in total. The molecule has 0 saturated heterocycles. The summed E-state index contributed by atoms with van der Waals surface area (Å²) in [4.78, 5) is 96.8. The lowest BCUT2D eigenvalue weighted by Crippen LogP contribution is -2.53. The Bertz CT molecular complexity index is 1690. The standard InChI is InChI=1S/C32H45N11O8/c1-2-3-23(31(50)39-15-28(47)42-24(29(35)48)11-18-14-36-16-40-18)41-27(46)8-9-37-32(51)25(43-30(49)21(33)5-7-26(34)45)10-17-13-38-22-6-4-19(44)12-20(17)22/h4,6,12-14,16,21,23-25,38,44H,2-3,5,7-11,15,33H2,1H3,(H2,34,45)(H2,35,48)(H,36,40)(H,37,51)(H,39,50)(H,41,46)(H,42,47)(H,43,49)/t21-,23-,24-,25-/m0/s1. The van der Waals surface area contributed by atoms with Crippen molar-refractivity contribution in [3.63, 3.8) is 0 Å². The number of nitrogens with two attached hydrogens (primary N) is 3. The second kappa shape index (κ2) is 19.3. The monoisotopic (exact) mass is 711 g/mol. The molecule has 0 fully saturated rings. The third kappa shape index (κ3) is 12.8. The zero-order chi connectivity index (χ0) is 37.5. The van der Waals surface area contributed by atoms with E-state index < -0.39 is 72.1 Å². The number of amides is 7. The van der Waals surface area contributed by atoms with Gasteiger partial charge in [-0.2, -0.15) is 0 Å². The quantitative estimate of drug-likeness (QED) is 0.0545. The van der Waals surface area contributed by atoms with E-state index in [0.717, 1.165) is 0 Å². The Hall–Kier alpha value is -5.98. The van der Waals surface area contributed by atoms with Gasteiger partial charge in [-0.15, -0.1) is 0 Å². The van der Waals surface area contributed by atoms with Crippen LogP contribution in [0.3, 0.4) is 0 Å². The maximum Gasteiger partial charge on any atom is 0.243 e. The highest BCUT2D eigenvalue weighted by Crippen LogP contribution is 2.24. The summed E-state index contributed by atoms with van der Waals surface area (Å²) < 4.78 is 0. The number of phenolic OH excluding ortho intramolecular Hbond substituents is 1. The van der Waals surface area contributed by atoms with Gasteiger partial charge in [-0.3, -0.25) is 33.6 Å². The molecule has 0 aliphatic carbocycles. The Balaban J connectivity index is 1.55. The van der Waals surface area contributed by atoms with Crippen molar-refractivity contribution in [3.8, 4) is 5.75 Å². The second-order valence-corrected chi connectivity index (χ2v) is 11.9. The predicted octanol–water partition coefficient (Wildman–Crippen LogP) is -2.66. The molecule has 0 radical (unpaired) electrons. The van der Waals surface area contributed by atoms with E-state index in [2.05, 4.69) is 41.5 Å². The molecule has 1 aromatic carbocycles. The SMILES string of the molecule is CCC[C@H](NC(=O)CCNC(=O)[C@H](Cc1c[nH]c2ccc(O)cc12)NC(=O)[C@@H](N)CCC(N)=O)C(=O)NCC(=O)N[C@@H](Cc1cnc[nH]1)C(N)=O. The van der Waals surface area contributed by atoms with Crippen molar-refractivity contribution in [3.05, 3.63) is 48.2 Å². The molecule has 7 amide bonds. The minimum absolute atomic E-state index is 0.00391. The number of carbonyl (C=O) groups is 7. The smallest absolute Gasteiger partial charge is 0.243 e. The van der Waals surface area contributed by atoms with Crippen LogP contribution in [0.2, 0.25) is 0 Å². The molecule has 0 aliphatic rings. The predicted molar refractivity (Wildman–Crippen MR) is 183 cm³/mol. The van der Waals surface area contributed by atoms with Gasteiger partial charge in [0.05, 0.1) is 18.9 Å². The maximum absolute atomic E-state index is 13.3. The van der Waals surface area contributed by atoms with Gasteiger partial charge in [-0.1, -0.05) is 13.3 Å². The lowest BCUT2D eigenvalue weighted by atomic mass is 10.0. The van der Waals surface area contributed by atoms with Gasteiger partial charge < -0.3 is 58.9 Å². The lowest BCUT2D eigenvalue weighted by Gasteiger charge is -2.21. The first kappa shape index (κ1) is 39.5. The summed E-state index contributed by atoms with van der Waals surface area (Å²) in [6, 6.07) is 0.356.